The van der Waals surface area contributed by atoms with Crippen molar-refractivity contribution in [1.82, 2.24) is 4.90 Å². The van der Waals surface area contributed by atoms with E-state index in [2.05, 4.69) is 5.16 Å². The van der Waals surface area contributed by atoms with Gasteiger partial charge in [0.05, 0.1) is 5.75 Å². The Kier molecular flexibility index (Phi) is 5.41. The summed E-state index contributed by atoms with van der Waals surface area (Å²) in [6.45, 7) is 3.32. The largest absolute Gasteiger partial charge is 0.387 e. The molecular weight excluding hydrogens is 316 g/mol. The number of carbonyl (C=O) groups is 1. The number of hydrogen-bond acceptors (Lipinski definition) is 5. The zero-order chi connectivity index (χ0) is 17.0. The Morgan fingerprint density at radius 2 is 2.04 bits per heavy atom. The van der Waals surface area contributed by atoms with E-state index in [1.54, 1.807) is 20.9 Å². The molecule has 0 unspecified atom stereocenters. The van der Waals surface area contributed by atoms with Crippen molar-refractivity contribution < 1.29 is 18.0 Å². The molecule has 0 radical (unpaired) electrons. The van der Waals surface area contributed by atoms with Gasteiger partial charge in [0.1, 0.15) is 5.71 Å². The Morgan fingerprint density at radius 1 is 1.39 bits per heavy atom. The predicted octanol–water partition coefficient (Wildman–Crippen LogP) is 1.79. The zero-order valence-electron chi connectivity index (χ0n) is 13.6. The van der Waals surface area contributed by atoms with Crippen LogP contribution in [0.3, 0.4) is 0 Å². The van der Waals surface area contributed by atoms with E-state index < -0.39 is 15.9 Å². The summed E-state index contributed by atoms with van der Waals surface area (Å²) in [7, 11) is -1.55. The van der Waals surface area contributed by atoms with E-state index >= 15 is 0 Å². The second-order valence-electron chi connectivity index (χ2n) is 5.71. The molecule has 1 amide bonds. The monoisotopic (exact) mass is 338 g/mol. The van der Waals surface area contributed by atoms with Crippen molar-refractivity contribution in [3.05, 3.63) is 35.9 Å². The highest BCUT2D eigenvalue weighted by Crippen LogP contribution is 2.27. The first-order valence-electron chi connectivity index (χ1n) is 7.59. The van der Waals surface area contributed by atoms with Crippen LogP contribution in [0.1, 0.15) is 31.9 Å². The molecule has 0 saturated heterocycles. The fourth-order valence-electron chi connectivity index (χ4n) is 2.35. The number of hydrogen-bond donors (Lipinski definition) is 0. The molecule has 23 heavy (non-hydrogen) atoms. The van der Waals surface area contributed by atoms with Crippen LogP contribution in [0.15, 0.2) is 35.5 Å². The lowest BCUT2D eigenvalue weighted by Gasteiger charge is -2.24. The Labute approximate surface area is 137 Å². The number of benzene rings is 1. The van der Waals surface area contributed by atoms with Crippen LogP contribution < -0.4 is 0 Å². The summed E-state index contributed by atoms with van der Waals surface area (Å²) >= 11 is 0. The molecule has 1 aromatic carbocycles. The van der Waals surface area contributed by atoms with E-state index in [1.165, 1.54) is 4.90 Å². The van der Waals surface area contributed by atoms with Gasteiger partial charge in [0.25, 0.3) is 5.91 Å². The minimum Gasteiger partial charge on any atom is -0.387 e. The third-order valence-electron chi connectivity index (χ3n) is 4.00. The molecule has 1 heterocycles. The van der Waals surface area contributed by atoms with Crippen molar-refractivity contribution in [2.45, 2.75) is 32.4 Å². The van der Waals surface area contributed by atoms with E-state index in [-0.39, 0.29) is 23.5 Å². The Hall–Kier alpha value is -1.89. The smallest absolute Gasteiger partial charge is 0.271 e. The summed E-state index contributed by atoms with van der Waals surface area (Å²) in [6, 6.07) is 9.16. The normalized spacial score (nSPS) is 18.9. The first-order chi connectivity index (χ1) is 10.8. The van der Waals surface area contributed by atoms with Crippen LogP contribution in [0.25, 0.3) is 0 Å². The Bertz CT molecular complexity index is 685. The van der Waals surface area contributed by atoms with Crippen molar-refractivity contribution in [3.63, 3.8) is 0 Å². The lowest BCUT2D eigenvalue weighted by Crippen LogP contribution is -2.42. The molecule has 1 aliphatic rings. The SMILES string of the molecule is CCS(=O)(=O)C[C@@H](C)N(C)C(=O)C1=NO[C@@H](c2ccccc2)C1. The molecule has 0 spiro atoms. The zero-order valence-corrected chi connectivity index (χ0v) is 14.4. The molecule has 0 aliphatic carbocycles. The maximum Gasteiger partial charge on any atom is 0.271 e. The molecule has 2 atom stereocenters. The van der Waals surface area contributed by atoms with E-state index in [0.717, 1.165) is 5.56 Å². The highest BCUT2D eigenvalue weighted by molar-refractivity contribution is 7.91. The highest BCUT2D eigenvalue weighted by atomic mass is 32.2. The Morgan fingerprint density at radius 3 is 2.65 bits per heavy atom. The molecule has 7 heteroatoms. The third-order valence-corrected chi connectivity index (χ3v) is 5.87. The summed E-state index contributed by atoms with van der Waals surface area (Å²) in [5, 5.41) is 3.89. The molecule has 1 aromatic rings. The van der Waals surface area contributed by atoms with Crippen LogP contribution in [0.4, 0.5) is 0 Å². The van der Waals surface area contributed by atoms with Crippen molar-refractivity contribution in [2.75, 3.05) is 18.6 Å². The lowest BCUT2D eigenvalue weighted by atomic mass is 10.0. The summed E-state index contributed by atoms with van der Waals surface area (Å²) < 4.78 is 23.4. The van der Waals surface area contributed by atoms with Gasteiger partial charge >= 0.3 is 0 Å². The number of oxime groups is 1. The van der Waals surface area contributed by atoms with Crippen molar-refractivity contribution >= 4 is 21.5 Å². The van der Waals surface area contributed by atoms with Gasteiger partial charge in [-0.2, -0.15) is 0 Å². The van der Waals surface area contributed by atoms with Gasteiger partial charge in [-0.3, -0.25) is 4.79 Å². The van der Waals surface area contributed by atoms with E-state index in [9.17, 15) is 13.2 Å². The van der Waals surface area contributed by atoms with Gasteiger partial charge < -0.3 is 9.74 Å². The number of nitrogens with zero attached hydrogens (tertiary/aromatic N) is 2. The second-order valence-corrected chi connectivity index (χ2v) is 8.11. The molecule has 6 nitrogen and oxygen atoms in total. The molecule has 0 N–H and O–H groups in total. The highest BCUT2D eigenvalue weighted by Gasteiger charge is 2.31. The number of rotatable bonds is 6. The van der Waals surface area contributed by atoms with E-state index in [4.69, 9.17) is 4.84 Å². The molecule has 126 valence electrons. The van der Waals surface area contributed by atoms with Gasteiger partial charge in [0.15, 0.2) is 15.9 Å². The van der Waals surface area contributed by atoms with Crippen LogP contribution in [0.2, 0.25) is 0 Å². The molecule has 1 aliphatic heterocycles. The first kappa shape index (κ1) is 17.5. The summed E-state index contributed by atoms with van der Waals surface area (Å²) in [5.41, 5.74) is 1.28. The van der Waals surface area contributed by atoms with Crippen LogP contribution in [0, 0.1) is 0 Å². The van der Waals surface area contributed by atoms with Crippen molar-refractivity contribution in [2.24, 2.45) is 5.16 Å². The lowest BCUT2D eigenvalue weighted by molar-refractivity contribution is -0.124. The summed E-state index contributed by atoms with van der Waals surface area (Å²) in [5.74, 6) is -0.274. The fraction of sp³-hybridized carbons (Fsp3) is 0.500. The Balaban J connectivity index is 1.98. The predicted molar refractivity (Wildman–Crippen MR) is 88.9 cm³/mol. The fourth-order valence-corrected chi connectivity index (χ4v) is 3.55. The molecule has 0 aromatic heterocycles. The topological polar surface area (TPSA) is 76.0 Å². The number of carbonyl (C=O) groups excluding carboxylic acids is 1. The van der Waals surface area contributed by atoms with Gasteiger partial charge in [0.2, 0.25) is 0 Å². The van der Waals surface area contributed by atoms with Gasteiger partial charge in [-0.15, -0.1) is 0 Å². The summed E-state index contributed by atoms with van der Waals surface area (Å²) in [4.78, 5) is 19.2. The molecule has 2 rings (SSSR count). The van der Waals surface area contributed by atoms with Crippen LogP contribution in [0.5, 0.6) is 0 Å². The second kappa shape index (κ2) is 7.12. The molecule has 0 fully saturated rings. The van der Waals surface area contributed by atoms with E-state index in [1.807, 2.05) is 30.3 Å². The maximum atomic E-state index is 12.5. The van der Waals surface area contributed by atoms with Crippen LogP contribution in [-0.2, 0) is 19.5 Å². The van der Waals surface area contributed by atoms with Gasteiger partial charge in [-0.25, -0.2) is 8.42 Å². The average Bonchev–Trinajstić information content (AvgIpc) is 3.04. The van der Waals surface area contributed by atoms with Crippen molar-refractivity contribution in [1.29, 1.82) is 0 Å². The summed E-state index contributed by atoms with van der Waals surface area (Å²) in [6.07, 6.45) is 0.124. The van der Waals surface area contributed by atoms with Crippen LogP contribution in [-0.4, -0.2) is 49.5 Å². The standard InChI is InChI=1S/C16H22N2O4S/c1-4-23(20,21)11-12(2)18(3)16(19)14-10-15(22-17-14)13-8-6-5-7-9-13/h5-9,12,15H,4,10-11H2,1-3H3/t12-,15-/m1/s1. The number of sulfone groups is 1. The quantitative estimate of drug-likeness (QED) is 0.792. The molecular formula is C16H22N2O4S. The van der Waals surface area contributed by atoms with Gasteiger partial charge in [-0.05, 0) is 12.5 Å². The number of amides is 1. The minimum absolute atomic E-state index is 0.0536. The third kappa shape index (κ3) is 4.31. The molecule has 0 saturated carbocycles. The van der Waals surface area contributed by atoms with Crippen LogP contribution >= 0.6 is 0 Å². The van der Waals surface area contributed by atoms with Crippen molar-refractivity contribution in [3.8, 4) is 0 Å². The average molecular weight is 338 g/mol. The van der Waals surface area contributed by atoms with E-state index in [0.29, 0.717) is 12.1 Å². The molecule has 0 bridgehead atoms. The van der Waals surface area contributed by atoms with Gasteiger partial charge in [-0.1, -0.05) is 42.4 Å². The van der Waals surface area contributed by atoms with Gasteiger partial charge in [0, 0.05) is 25.3 Å². The minimum atomic E-state index is -3.14. The first-order valence-corrected chi connectivity index (χ1v) is 9.41. The maximum absolute atomic E-state index is 12.5.